The summed E-state index contributed by atoms with van der Waals surface area (Å²) in [5, 5.41) is 19.4. The van der Waals surface area contributed by atoms with Crippen LogP contribution in [0, 0.1) is 28.4 Å². The first-order valence-corrected chi connectivity index (χ1v) is 3.97. The predicted molar refractivity (Wildman–Crippen MR) is 51.1 cm³/mol. The molecule has 0 spiro atoms. The number of benzene rings is 1. The molecule has 6 nitrogen and oxygen atoms in total. The number of aryl methyl sites for hydroxylation is 1. The van der Waals surface area contributed by atoms with Gasteiger partial charge in [0.1, 0.15) is 11.6 Å². The summed E-state index contributed by atoms with van der Waals surface area (Å²) in [5.74, 6) is -0.970. The standard InChI is InChI=1S/C9H7N3O3/c1-5-2-3-6(4-10)7(9(11)13)8(5)12(14)15/h2-3H,1H3,(H2,11,13). The highest BCUT2D eigenvalue weighted by molar-refractivity contribution is 6.00. The minimum Gasteiger partial charge on any atom is -0.365 e. The van der Waals surface area contributed by atoms with Crippen molar-refractivity contribution in [3.63, 3.8) is 0 Å². The molecule has 6 heteroatoms. The number of carbonyl (C=O) groups is 1. The van der Waals surface area contributed by atoms with Gasteiger partial charge in [0.2, 0.25) is 0 Å². The van der Waals surface area contributed by atoms with E-state index in [9.17, 15) is 14.9 Å². The van der Waals surface area contributed by atoms with E-state index in [1.54, 1.807) is 6.07 Å². The first-order valence-electron chi connectivity index (χ1n) is 3.97. The van der Waals surface area contributed by atoms with E-state index in [4.69, 9.17) is 11.0 Å². The number of nitro benzene ring substituents is 1. The van der Waals surface area contributed by atoms with Gasteiger partial charge in [0.05, 0.1) is 10.5 Å². The molecular formula is C9H7N3O3. The van der Waals surface area contributed by atoms with Crippen LogP contribution in [0.1, 0.15) is 21.5 Å². The van der Waals surface area contributed by atoms with Crippen molar-refractivity contribution in [2.75, 3.05) is 0 Å². The van der Waals surface area contributed by atoms with Crippen LogP contribution in [0.3, 0.4) is 0 Å². The van der Waals surface area contributed by atoms with E-state index < -0.39 is 16.5 Å². The summed E-state index contributed by atoms with van der Waals surface area (Å²) in [6.07, 6.45) is 0. The number of nitrogens with two attached hydrogens (primary N) is 1. The molecule has 0 aromatic heterocycles. The molecule has 1 aromatic rings. The summed E-state index contributed by atoms with van der Waals surface area (Å²) in [6, 6.07) is 4.44. The number of nitro groups is 1. The quantitative estimate of drug-likeness (QED) is 0.570. The van der Waals surface area contributed by atoms with E-state index in [0.29, 0.717) is 5.56 Å². The Labute approximate surface area is 85.1 Å². The SMILES string of the molecule is Cc1ccc(C#N)c(C(N)=O)c1[N+](=O)[O-]. The van der Waals surface area contributed by atoms with Crippen molar-refractivity contribution in [3.05, 3.63) is 38.9 Å². The van der Waals surface area contributed by atoms with Crippen molar-refractivity contribution < 1.29 is 9.72 Å². The highest BCUT2D eigenvalue weighted by Crippen LogP contribution is 2.25. The zero-order valence-corrected chi connectivity index (χ0v) is 7.85. The molecule has 0 saturated heterocycles. The summed E-state index contributed by atoms with van der Waals surface area (Å²) in [6.45, 7) is 1.48. The molecular weight excluding hydrogens is 198 g/mol. The highest BCUT2D eigenvalue weighted by atomic mass is 16.6. The van der Waals surface area contributed by atoms with Crippen molar-refractivity contribution in [1.82, 2.24) is 0 Å². The van der Waals surface area contributed by atoms with E-state index in [1.807, 2.05) is 0 Å². The van der Waals surface area contributed by atoms with E-state index >= 15 is 0 Å². The number of amides is 1. The monoisotopic (exact) mass is 205 g/mol. The maximum absolute atomic E-state index is 11.0. The number of nitriles is 1. The molecule has 1 aromatic carbocycles. The van der Waals surface area contributed by atoms with Gasteiger partial charge in [-0.2, -0.15) is 5.26 Å². The average molecular weight is 205 g/mol. The predicted octanol–water partition coefficient (Wildman–Crippen LogP) is 0.874. The average Bonchev–Trinajstić information content (AvgIpc) is 2.16. The summed E-state index contributed by atoms with van der Waals surface area (Å²) in [4.78, 5) is 21.0. The zero-order chi connectivity index (χ0) is 11.6. The Balaban J connectivity index is 3.68. The normalized spacial score (nSPS) is 9.33. The van der Waals surface area contributed by atoms with Crippen LogP contribution in [0.5, 0.6) is 0 Å². The van der Waals surface area contributed by atoms with Crippen molar-refractivity contribution in [1.29, 1.82) is 5.26 Å². The molecule has 0 aliphatic rings. The van der Waals surface area contributed by atoms with Crippen molar-refractivity contribution in [2.45, 2.75) is 6.92 Å². The van der Waals surface area contributed by atoms with Gasteiger partial charge < -0.3 is 5.73 Å². The van der Waals surface area contributed by atoms with Gasteiger partial charge in [0.25, 0.3) is 11.6 Å². The Bertz CT molecular complexity index is 488. The fourth-order valence-corrected chi connectivity index (χ4v) is 1.27. The van der Waals surface area contributed by atoms with Crippen LogP contribution in [0.15, 0.2) is 12.1 Å². The van der Waals surface area contributed by atoms with Crippen molar-refractivity contribution in [2.24, 2.45) is 5.73 Å². The van der Waals surface area contributed by atoms with Crippen LogP contribution in [-0.4, -0.2) is 10.8 Å². The molecule has 1 rings (SSSR count). The molecule has 0 fully saturated rings. The minimum absolute atomic E-state index is 0.0835. The maximum atomic E-state index is 11.0. The molecule has 2 N–H and O–H groups in total. The number of nitrogens with zero attached hydrogens (tertiary/aromatic N) is 2. The molecule has 76 valence electrons. The molecule has 15 heavy (non-hydrogen) atoms. The highest BCUT2D eigenvalue weighted by Gasteiger charge is 2.24. The molecule has 1 amide bonds. The van der Waals surface area contributed by atoms with Gasteiger partial charge in [-0.3, -0.25) is 14.9 Å². The second-order valence-corrected chi connectivity index (χ2v) is 2.89. The van der Waals surface area contributed by atoms with Crippen LogP contribution < -0.4 is 5.73 Å². The summed E-state index contributed by atoms with van der Waals surface area (Å²) >= 11 is 0. The van der Waals surface area contributed by atoms with E-state index in [2.05, 4.69) is 0 Å². The Hall–Kier alpha value is -2.42. The molecule has 0 radical (unpaired) electrons. The van der Waals surface area contributed by atoms with Gasteiger partial charge in [-0.25, -0.2) is 0 Å². The van der Waals surface area contributed by atoms with Gasteiger partial charge in [-0.15, -0.1) is 0 Å². The second kappa shape index (κ2) is 3.75. The Morgan fingerprint density at radius 1 is 1.60 bits per heavy atom. The first-order chi connectivity index (χ1) is 6.99. The smallest absolute Gasteiger partial charge is 0.286 e. The molecule has 0 aliphatic carbocycles. The Morgan fingerprint density at radius 2 is 2.20 bits per heavy atom. The third kappa shape index (κ3) is 1.76. The second-order valence-electron chi connectivity index (χ2n) is 2.89. The molecule has 0 saturated carbocycles. The van der Waals surface area contributed by atoms with Crippen LogP contribution >= 0.6 is 0 Å². The van der Waals surface area contributed by atoms with Gasteiger partial charge >= 0.3 is 0 Å². The number of hydrogen-bond acceptors (Lipinski definition) is 4. The number of rotatable bonds is 2. The summed E-state index contributed by atoms with van der Waals surface area (Å²) in [7, 11) is 0. The van der Waals surface area contributed by atoms with Crippen molar-refractivity contribution in [3.8, 4) is 6.07 Å². The third-order valence-corrected chi connectivity index (χ3v) is 1.93. The lowest BCUT2D eigenvalue weighted by Gasteiger charge is -2.03. The summed E-state index contributed by atoms with van der Waals surface area (Å²) < 4.78 is 0. The fourth-order valence-electron chi connectivity index (χ4n) is 1.27. The lowest BCUT2D eigenvalue weighted by atomic mass is 10.0. The lowest BCUT2D eigenvalue weighted by Crippen LogP contribution is -2.16. The number of primary amides is 1. The molecule has 0 heterocycles. The van der Waals surface area contributed by atoms with Gasteiger partial charge in [-0.1, -0.05) is 6.07 Å². The largest absolute Gasteiger partial charge is 0.365 e. The molecule has 0 unspecified atom stereocenters. The van der Waals surface area contributed by atoms with Crippen LogP contribution in [0.4, 0.5) is 5.69 Å². The molecule has 0 aliphatic heterocycles. The van der Waals surface area contributed by atoms with Crippen LogP contribution in [0.2, 0.25) is 0 Å². The summed E-state index contributed by atoms with van der Waals surface area (Å²) in [5.41, 5.74) is 4.49. The van der Waals surface area contributed by atoms with E-state index in [0.717, 1.165) is 0 Å². The lowest BCUT2D eigenvalue weighted by molar-refractivity contribution is -0.385. The van der Waals surface area contributed by atoms with Gasteiger partial charge in [0.15, 0.2) is 0 Å². The van der Waals surface area contributed by atoms with Crippen LogP contribution in [-0.2, 0) is 0 Å². The Morgan fingerprint density at radius 3 is 2.60 bits per heavy atom. The minimum atomic E-state index is -0.970. The zero-order valence-electron chi connectivity index (χ0n) is 7.85. The number of hydrogen-bond donors (Lipinski definition) is 1. The van der Waals surface area contributed by atoms with Crippen molar-refractivity contribution >= 4 is 11.6 Å². The number of carbonyl (C=O) groups excluding carboxylic acids is 1. The fraction of sp³-hybridized carbons (Fsp3) is 0.111. The maximum Gasteiger partial charge on any atom is 0.286 e. The molecule has 0 atom stereocenters. The third-order valence-electron chi connectivity index (χ3n) is 1.93. The first kappa shape index (κ1) is 10.7. The molecule has 0 bridgehead atoms. The topological polar surface area (TPSA) is 110 Å². The van der Waals surface area contributed by atoms with E-state index in [-0.39, 0.29) is 11.1 Å². The van der Waals surface area contributed by atoms with Gasteiger partial charge in [-0.05, 0) is 13.0 Å². The van der Waals surface area contributed by atoms with Gasteiger partial charge in [0, 0.05) is 5.56 Å². The van der Waals surface area contributed by atoms with Crippen LogP contribution in [0.25, 0.3) is 0 Å². The van der Waals surface area contributed by atoms with E-state index in [1.165, 1.54) is 19.1 Å². The Kier molecular flexibility index (Phi) is 2.67.